The third-order valence-corrected chi connectivity index (χ3v) is 2.79. The number of ether oxygens (including phenoxy) is 1. The predicted molar refractivity (Wildman–Crippen MR) is 73.4 cm³/mol. The van der Waals surface area contributed by atoms with E-state index >= 15 is 0 Å². The van der Waals surface area contributed by atoms with Crippen molar-refractivity contribution in [3.63, 3.8) is 0 Å². The van der Waals surface area contributed by atoms with Gasteiger partial charge in [0.25, 0.3) is 0 Å². The minimum Gasteiger partial charge on any atom is -0.495 e. The molecule has 104 valence electrons. The Morgan fingerprint density at radius 3 is 2.63 bits per heavy atom. The summed E-state index contributed by atoms with van der Waals surface area (Å²) < 4.78 is 5.12. The standard InChI is InChI=1S/C12H16ClN3O3/c1-7-3-9(10(19-2)4-8(7)13)16-12(18)6-15-11(17)5-14/h3-4H,5-6,14H2,1-2H3,(H,15,17)(H,16,18). The average Bonchev–Trinajstić information content (AvgIpc) is 2.39. The predicted octanol–water partition coefficient (Wildman–Crippen LogP) is 0.670. The minimum absolute atomic E-state index is 0.152. The monoisotopic (exact) mass is 285 g/mol. The van der Waals surface area contributed by atoms with Crippen LogP contribution in [0.1, 0.15) is 5.56 Å². The Balaban J connectivity index is 2.73. The van der Waals surface area contributed by atoms with E-state index in [1.807, 2.05) is 6.92 Å². The molecule has 1 rings (SSSR count). The Labute approximate surface area is 116 Å². The van der Waals surface area contributed by atoms with Gasteiger partial charge in [0.05, 0.1) is 25.9 Å². The number of methoxy groups -OCH3 is 1. The van der Waals surface area contributed by atoms with Crippen molar-refractivity contribution in [1.82, 2.24) is 5.32 Å². The Hall–Kier alpha value is -1.79. The molecule has 1 aromatic rings. The number of hydrogen-bond donors (Lipinski definition) is 3. The topological polar surface area (TPSA) is 93.5 Å². The molecule has 0 saturated carbocycles. The van der Waals surface area contributed by atoms with Gasteiger partial charge in [-0.25, -0.2) is 0 Å². The number of amides is 2. The number of nitrogens with one attached hydrogen (secondary N) is 2. The van der Waals surface area contributed by atoms with Gasteiger partial charge in [-0.15, -0.1) is 0 Å². The zero-order valence-electron chi connectivity index (χ0n) is 10.7. The summed E-state index contributed by atoms with van der Waals surface area (Å²) in [5.41, 5.74) is 6.42. The largest absolute Gasteiger partial charge is 0.495 e. The van der Waals surface area contributed by atoms with Crippen molar-refractivity contribution in [3.05, 3.63) is 22.7 Å². The van der Waals surface area contributed by atoms with Crippen LogP contribution in [0.4, 0.5) is 5.69 Å². The summed E-state index contributed by atoms with van der Waals surface area (Å²) in [5.74, 6) is -0.315. The summed E-state index contributed by atoms with van der Waals surface area (Å²) in [4.78, 5) is 22.6. The number of nitrogens with two attached hydrogens (primary N) is 1. The Morgan fingerprint density at radius 1 is 1.37 bits per heavy atom. The number of anilines is 1. The lowest BCUT2D eigenvalue weighted by Gasteiger charge is -2.12. The molecular weight excluding hydrogens is 270 g/mol. The molecular formula is C12H16ClN3O3. The van der Waals surface area contributed by atoms with Crippen molar-refractivity contribution in [2.45, 2.75) is 6.92 Å². The molecule has 0 fully saturated rings. The quantitative estimate of drug-likeness (QED) is 0.741. The van der Waals surface area contributed by atoms with Crippen molar-refractivity contribution in [1.29, 1.82) is 0 Å². The van der Waals surface area contributed by atoms with Crippen LogP contribution in [0, 0.1) is 6.92 Å². The van der Waals surface area contributed by atoms with E-state index in [1.165, 1.54) is 7.11 Å². The van der Waals surface area contributed by atoms with Gasteiger partial charge in [-0.1, -0.05) is 11.6 Å². The maximum absolute atomic E-state index is 11.6. The van der Waals surface area contributed by atoms with Gasteiger partial charge in [0.15, 0.2) is 0 Å². The molecule has 0 saturated heterocycles. The summed E-state index contributed by atoms with van der Waals surface area (Å²) in [6.45, 7) is 1.51. The SMILES string of the molecule is COc1cc(Cl)c(C)cc1NC(=O)CNC(=O)CN. The number of rotatable bonds is 5. The number of hydrogen-bond acceptors (Lipinski definition) is 4. The van der Waals surface area contributed by atoms with Gasteiger partial charge in [0.2, 0.25) is 11.8 Å². The fraction of sp³-hybridized carbons (Fsp3) is 0.333. The van der Waals surface area contributed by atoms with Crippen LogP contribution in [-0.4, -0.2) is 32.0 Å². The number of benzene rings is 1. The first-order valence-electron chi connectivity index (χ1n) is 5.58. The lowest BCUT2D eigenvalue weighted by Crippen LogP contribution is -2.36. The molecule has 6 nitrogen and oxygen atoms in total. The van der Waals surface area contributed by atoms with Crippen LogP contribution >= 0.6 is 11.6 Å². The van der Waals surface area contributed by atoms with E-state index in [4.69, 9.17) is 22.1 Å². The summed E-state index contributed by atoms with van der Waals surface area (Å²) in [7, 11) is 1.48. The molecule has 0 bridgehead atoms. The summed E-state index contributed by atoms with van der Waals surface area (Å²) in [6, 6.07) is 3.31. The average molecular weight is 286 g/mol. The number of carbonyl (C=O) groups is 2. The van der Waals surface area contributed by atoms with Crippen LogP contribution in [0.3, 0.4) is 0 Å². The first kappa shape index (κ1) is 15.3. The highest BCUT2D eigenvalue weighted by Gasteiger charge is 2.10. The van der Waals surface area contributed by atoms with Crippen molar-refractivity contribution in [2.24, 2.45) is 5.73 Å². The molecule has 19 heavy (non-hydrogen) atoms. The van der Waals surface area contributed by atoms with Crippen molar-refractivity contribution >= 4 is 29.1 Å². The van der Waals surface area contributed by atoms with Crippen LogP contribution in [0.5, 0.6) is 5.75 Å². The van der Waals surface area contributed by atoms with Crippen molar-refractivity contribution < 1.29 is 14.3 Å². The summed E-state index contributed by atoms with van der Waals surface area (Å²) in [6.07, 6.45) is 0. The molecule has 0 heterocycles. The fourth-order valence-corrected chi connectivity index (χ4v) is 1.53. The van der Waals surface area contributed by atoms with E-state index in [9.17, 15) is 9.59 Å². The maximum Gasteiger partial charge on any atom is 0.243 e. The molecule has 0 aliphatic carbocycles. The molecule has 4 N–H and O–H groups in total. The Kier molecular flexibility index (Phi) is 5.59. The molecule has 0 atom stereocenters. The molecule has 2 amide bonds. The smallest absolute Gasteiger partial charge is 0.243 e. The van der Waals surface area contributed by atoms with Crippen LogP contribution in [0.15, 0.2) is 12.1 Å². The number of carbonyl (C=O) groups excluding carboxylic acids is 2. The molecule has 0 radical (unpaired) electrons. The second-order valence-corrected chi connectivity index (χ2v) is 4.24. The normalized spacial score (nSPS) is 9.89. The highest BCUT2D eigenvalue weighted by molar-refractivity contribution is 6.31. The van der Waals surface area contributed by atoms with E-state index in [-0.39, 0.29) is 19.0 Å². The molecule has 1 aromatic carbocycles. The van der Waals surface area contributed by atoms with Crippen molar-refractivity contribution in [2.75, 3.05) is 25.5 Å². The second-order valence-electron chi connectivity index (χ2n) is 3.83. The molecule has 0 aromatic heterocycles. The van der Waals surface area contributed by atoms with Crippen LogP contribution in [-0.2, 0) is 9.59 Å². The third kappa shape index (κ3) is 4.42. The van der Waals surface area contributed by atoms with Crippen molar-refractivity contribution in [3.8, 4) is 5.75 Å². The maximum atomic E-state index is 11.6. The van der Waals surface area contributed by atoms with Gasteiger partial charge in [-0.3, -0.25) is 9.59 Å². The minimum atomic E-state index is -0.394. The molecule has 0 unspecified atom stereocenters. The van der Waals surface area contributed by atoms with Gasteiger partial charge in [-0.05, 0) is 18.6 Å². The van der Waals surface area contributed by atoms with Gasteiger partial charge in [0.1, 0.15) is 5.75 Å². The van der Waals surface area contributed by atoms with Gasteiger partial charge < -0.3 is 21.1 Å². The van der Waals surface area contributed by atoms with E-state index in [0.29, 0.717) is 16.5 Å². The molecule has 0 spiro atoms. The van der Waals surface area contributed by atoms with E-state index in [0.717, 1.165) is 5.56 Å². The molecule has 0 aliphatic rings. The zero-order chi connectivity index (χ0) is 14.4. The first-order chi connectivity index (χ1) is 8.97. The Bertz CT molecular complexity index is 491. The molecule has 7 heteroatoms. The lowest BCUT2D eigenvalue weighted by atomic mass is 10.2. The number of halogens is 1. The zero-order valence-corrected chi connectivity index (χ0v) is 11.5. The molecule has 0 aliphatic heterocycles. The third-order valence-electron chi connectivity index (χ3n) is 2.39. The fourth-order valence-electron chi connectivity index (χ4n) is 1.38. The highest BCUT2D eigenvalue weighted by Crippen LogP contribution is 2.30. The number of aryl methyl sites for hydroxylation is 1. The van der Waals surface area contributed by atoms with E-state index in [2.05, 4.69) is 10.6 Å². The summed E-state index contributed by atoms with van der Waals surface area (Å²) >= 11 is 5.96. The van der Waals surface area contributed by atoms with Crippen LogP contribution in [0.2, 0.25) is 5.02 Å². The van der Waals surface area contributed by atoms with Gasteiger partial charge in [-0.2, -0.15) is 0 Å². The van der Waals surface area contributed by atoms with Gasteiger partial charge in [0, 0.05) is 11.1 Å². The van der Waals surface area contributed by atoms with E-state index < -0.39 is 5.91 Å². The second kappa shape index (κ2) is 6.96. The highest BCUT2D eigenvalue weighted by atomic mass is 35.5. The van der Waals surface area contributed by atoms with Crippen LogP contribution < -0.4 is 21.1 Å². The first-order valence-corrected chi connectivity index (χ1v) is 5.96. The van der Waals surface area contributed by atoms with E-state index in [1.54, 1.807) is 12.1 Å². The lowest BCUT2D eigenvalue weighted by molar-refractivity contribution is -0.123. The Morgan fingerprint density at radius 2 is 2.05 bits per heavy atom. The van der Waals surface area contributed by atoms with Crippen LogP contribution in [0.25, 0.3) is 0 Å². The van der Waals surface area contributed by atoms with Gasteiger partial charge >= 0.3 is 0 Å². The summed E-state index contributed by atoms with van der Waals surface area (Å²) in [5, 5.41) is 5.55.